The van der Waals surface area contributed by atoms with E-state index in [0.717, 1.165) is 12.1 Å². The molecule has 0 saturated carbocycles. The Bertz CT molecular complexity index is 425. The lowest BCUT2D eigenvalue weighted by atomic mass is 10.1. The first-order valence-corrected chi connectivity index (χ1v) is 5.56. The molecule has 0 aliphatic carbocycles. The van der Waals surface area contributed by atoms with Crippen molar-refractivity contribution in [2.24, 2.45) is 0 Å². The molecule has 2 N–H and O–H groups in total. The average molecular weight is 234 g/mol. The van der Waals surface area contributed by atoms with Gasteiger partial charge in [-0.3, -0.25) is 4.57 Å². The van der Waals surface area contributed by atoms with Crippen LogP contribution in [0.1, 0.15) is 11.1 Å². The van der Waals surface area contributed by atoms with Crippen LogP contribution in [0.2, 0.25) is 0 Å². The smallest absolute Gasteiger partial charge is 0.320 e. The first-order chi connectivity index (χ1) is 6.79. The normalized spacial score (nSPS) is 12.5. The zero-order valence-electron chi connectivity index (χ0n) is 7.60. The van der Waals surface area contributed by atoms with Gasteiger partial charge in [-0.1, -0.05) is 30.9 Å². The van der Waals surface area contributed by atoms with E-state index < -0.39 is 18.8 Å². The molecule has 1 aromatic carbocycles. The molecular formula is C9H9F2O3P. The molecule has 0 bridgehead atoms. The predicted molar refractivity (Wildman–Crippen MR) is 52.5 cm³/mol. The van der Waals surface area contributed by atoms with Crippen molar-refractivity contribution in [2.45, 2.75) is 5.66 Å². The Morgan fingerprint density at radius 3 is 2.47 bits per heavy atom. The van der Waals surface area contributed by atoms with E-state index >= 15 is 0 Å². The number of hydrogen-bond acceptors (Lipinski definition) is 1. The third kappa shape index (κ3) is 2.31. The monoisotopic (exact) mass is 234 g/mol. The van der Waals surface area contributed by atoms with Crippen LogP contribution in [-0.2, 0) is 10.2 Å². The van der Waals surface area contributed by atoms with E-state index in [1.54, 1.807) is 0 Å². The lowest BCUT2D eigenvalue weighted by Gasteiger charge is -2.18. The molecule has 6 heteroatoms. The number of benzene rings is 1. The highest BCUT2D eigenvalue weighted by Gasteiger charge is 2.50. The van der Waals surface area contributed by atoms with E-state index in [1.807, 2.05) is 0 Å². The van der Waals surface area contributed by atoms with Crippen LogP contribution in [0.3, 0.4) is 0 Å². The van der Waals surface area contributed by atoms with Crippen molar-refractivity contribution in [3.05, 3.63) is 42.0 Å². The highest BCUT2D eigenvalue weighted by molar-refractivity contribution is 7.52. The summed E-state index contributed by atoms with van der Waals surface area (Å²) in [6.07, 6.45) is 1.32. The molecule has 0 radical (unpaired) electrons. The summed E-state index contributed by atoms with van der Waals surface area (Å²) in [5, 5.41) is 0. The van der Waals surface area contributed by atoms with Crippen LogP contribution in [0.15, 0.2) is 30.8 Å². The van der Waals surface area contributed by atoms with Crippen molar-refractivity contribution in [1.82, 2.24) is 0 Å². The Labute approximate surface area is 85.2 Å². The molecule has 1 rings (SSSR count). The van der Waals surface area contributed by atoms with Crippen LogP contribution in [0.4, 0.5) is 8.78 Å². The Kier molecular flexibility index (Phi) is 3.09. The minimum atomic E-state index is -5.49. The number of rotatable bonds is 3. The highest BCUT2D eigenvalue weighted by Crippen LogP contribution is 2.59. The molecule has 0 fully saturated rings. The van der Waals surface area contributed by atoms with Crippen molar-refractivity contribution in [3.8, 4) is 0 Å². The maximum absolute atomic E-state index is 13.2. The molecule has 15 heavy (non-hydrogen) atoms. The van der Waals surface area contributed by atoms with Gasteiger partial charge in [-0.15, -0.1) is 0 Å². The highest BCUT2D eigenvalue weighted by atomic mass is 31.2. The van der Waals surface area contributed by atoms with E-state index in [9.17, 15) is 13.3 Å². The van der Waals surface area contributed by atoms with Gasteiger partial charge in [0.15, 0.2) is 0 Å². The molecule has 0 aliphatic rings. The van der Waals surface area contributed by atoms with Gasteiger partial charge in [0.2, 0.25) is 0 Å². The number of alkyl halides is 2. The summed E-state index contributed by atoms with van der Waals surface area (Å²) < 4.78 is 36.9. The molecule has 0 aliphatic heterocycles. The van der Waals surface area contributed by atoms with E-state index in [-0.39, 0.29) is 0 Å². The fourth-order valence-electron chi connectivity index (χ4n) is 1.02. The van der Waals surface area contributed by atoms with Crippen molar-refractivity contribution in [1.29, 1.82) is 0 Å². The first-order valence-electron chi connectivity index (χ1n) is 3.95. The fourth-order valence-corrected chi connectivity index (χ4v) is 1.50. The zero-order valence-corrected chi connectivity index (χ0v) is 8.49. The van der Waals surface area contributed by atoms with Crippen LogP contribution in [0.25, 0.3) is 6.08 Å². The van der Waals surface area contributed by atoms with Gasteiger partial charge in [0.05, 0.1) is 0 Å². The minimum Gasteiger partial charge on any atom is -0.320 e. The van der Waals surface area contributed by atoms with Gasteiger partial charge in [-0.05, 0) is 11.6 Å². The molecule has 3 nitrogen and oxygen atoms in total. The fraction of sp³-hybridized carbons (Fsp3) is 0.111. The van der Waals surface area contributed by atoms with E-state index in [2.05, 4.69) is 6.58 Å². The molecule has 1 aromatic rings. The predicted octanol–water partition coefficient (Wildman–Crippen LogP) is 2.56. The second-order valence-corrected chi connectivity index (χ2v) is 4.56. The van der Waals surface area contributed by atoms with Crippen molar-refractivity contribution in [3.63, 3.8) is 0 Å². The summed E-state index contributed by atoms with van der Waals surface area (Å²) in [5.74, 6) is 0. The molecule has 0 heterocycles. The third-order valence-electron chi connectivity index (χ3n) is 1.84. The molecule has 0 unspecified atom stereocenters. The summed E-state index contributed by atoms with van der Waals surface area (Å²) in [5.41, 5.74) is -4.50. The van der Waals surface area contributed by atoms with Gasteiger partial charge < -0.3 is 9.79 Å². The van der Waals surface area contributed by atoms with Gasteiger partial charge in [-0.25, -0.2) is 0 Å². The van der Waals surface area contributed by atoms with Crippen LogP contribution >= 0.6 is 7.60 Å². The largest absolute Gasteiger partial charge is 0.399 e. The van der Waals surface area contributed by atoms with Crippen molar-refractivity contribution in [2.75, 3.05) is 0 Å². The molecular weight excluding hydrogens is 225 g/mol. The van der Waals surface area contributed by atoms with Gasteiger partial charge in [0.25, 0.3) is 0 Å². The Morgan fingerprint density at radius 1 is 1.40 bits per heavy atom. The van der Waals surface area contributed by atoms with Crippen LogP contribution < -0.4 is 0 Å². The number of hydrogen-bond donors (Lipinski definition) is 2. The molecule has 0 amide bonds. The lowest BCUT2D eigenvalue weighted by Crippen LogP contribution is -2.13. The van der Waals surface area contributed by atoms with Crippen molar-refractivity contribution < 1.29 is 23.1 Å². The molecule has 0 saturated heterocycles. The topological polar surface area (TPSA) is 57.5 Å². The van der Waals surface area contributed by atoms with E-state index in [0.29, 0.717) is 5.56 Å². The Balaban J connectivity index is 3.27. The average Bonchev–Trinajstić information content (AvgIpc) is 2.16. The summed E-state index contributed by atoms with van der Waals surface area (Å²) in [6, 6.07) is 4.75. The maximum Gasteiger partial charge on any atom is 0.399 e. The van der Waals surface area contributed by atoms with Crippen LogP contribution in [0, 0.1) is 0 Å². The van der Waals surface area contributed by atoms with Gasteiger partial charge >= 0.3 is 13.3 Å². The standard InChI is InChI=1S/C9H9F2O3P/c1-2-7-4-3-5-8(6-7)9(10,11)15(12,13)14/h2-6H,1H2,(H2,12,13,14). The molecule has 0 spiro atoms. The summed E-state index contributed by atoms with van der Waals surface area (Å²) in [7, 11) is -5.49. The van der Waals surface area contributed by atoms with Crippen molar-refractivity contribution >= 4 is 13.7 Å². The SMILES string of the molecule is C=Cc1cccc(C(F)(F)P(=O)(O)O)c1. The summed E-state index contributed by atoms with van der Waals surface area (Å²) in [6.45, 7) is 3.38. The van der Waals surface area contributed by atoms with Crippen LogP contribution in [-0.4, -0.2) is 9.79 Å². The molecule has 82 valence electrons. The third-order valence-corrected chi connectivity index (χ3v) is 2.83. The van der Waals surface area contributed by atoms with E-state index in [4.69, 9.17) is 9.79 Å². The second-order valence-electron chi connectivity index (χ2n) is 2.91. The van der Waals surface area contributed by atoms with Crippen LogP contribution in [0.5, 0.6) is 0 Å². The zero-order chi connectivity index (χ0) is 11.7. The number of halogens is 2. The lowest BCUT2D eigenvalue weighted by molar-refractivity contribution is 0.0564. The van der Waals surface area contributed by atoms with Gasteiger partial charge in [0.1, 0.15) is 0 Å². The quantitative estimate of drug-likeness (QED) is 0.790. The summed E-state index contributed by atoms with van der Waals surface area (Å²) in [4.78, 5) is 17.0. The molecule has 0 aromatic heterocycles. The Hall–Kier alpha value is -1.03. The Morgan fingerprint density at radius 2 is 2.00 bits per heavy atom. The van der Waals surface area contributed by atoms with Gasteiger partial charge in [-0.2, -0.15) is 8.78 Å². The molecule has 0 atom stereocenters. The van der Waals surface area contributed by atoms with E-state index in [1.165, 1.54) is 18.2 Å². The van der Waals surface area contributed by atoms with Gasteiger partial charge in [0, 0.05) is 5.56 Å². The minimum absolute atomic E-state index is 0.376. The second kappa shape index (κ2) is 3.85. The summed E-state index contributed by atoms with van der Waals surface area (Å²) >= 11 is 0. The first kappa shape index (κ1) is 12.0. The maximum atomic E-state index is 13.2.